The van der Waals surface area contributed by atoms with Crippen molar-refractivity contribution in [1.82, 2.24) is 10.2 Å². The Labute approximate surface area is 87.7 Å². The molecule has 82 valence electrons. The Morgan fingerprint density at radius 2 is 2.40 bits per heavy atom. The minimum atomic E-state index is -0.967. The predicted octanol–water partition coefficient (Wildman–Crippen LogP) is 0.573. The number of hydrogen-bond acceptors (Lipinski definition) is 2. The molecule has 1 aliphatic heterocycles. The molecule has 2 unspecified atom stereocenters. The van der Waals surface area contributed by atoms with Crippen LogP contribution in [0.15, 0.2) is 12.2 Å². The van der Waals surface area contributed by atoms with Crippen LogP contribution in [0.3, 0.4) is 0 Å². The minimum absolute atomic E-state index is 0.0723. The van der Waals surface area contributed by atoms with Gasteiger partial charge in [-0.1, -0.05) is 12.2 Å². The van der Waals surface area contributed by atoms with Crippen molar-refractivity contribution in [3.05, 3.63) is 12.2 Å². The van der Waals surface area contributed by atoms with Crippen molar-refractivity contribution in [2.45, 2.75) is 31.3 Å². The van der Waals surface area contributed by atoms with E-state index in [1.54, 1.807) is 4.90 Å². The molecule has 5 nitrogen and oxygen atoms in total. The van der Waals surface area contributed by atoms with Gasteiger partial charge in [0.1, 0.15) is 6.04 Å². The summed E-state index contributed by atoms with van der Waals surface area (Å²) in [5.41, 5.74) is 0. The number of aliphatic carboxylic acids is 1. The molecule has 0 aromatic rings. The van der Waals surface area contributed by atoms with Crippen molar-refractivity contribution in [2.24, 2.45) is 0 Å². The second-order valence-electron chi connectivity index (χ2n) is 3.92. The monoisotopic (exact) mass is 210 g/mol. The summed E-state index contributed by atoms with van der Waals surface area (Å²) in [6.45, 7) is 0.267. The van der Waals surface area contributed by atoms with Crippen molar-refractivity contribution in [3.8, 4) is 0 Å². The van der Waals surface area contributed by atoms with Crippen molar-refractivity contribution in [3.63, 3.8) is 0 Å². The van der Waals surface area contributed by atoms with E-state index in [2.05, 4.69) is 11.4 Å². The highest BCUT2D eigenvalue weighted by Crippen LogP contribution is 2.19. The van der Waals surface area contributed by atoms with Gasteiger partial charge in [-0.25, -0.2) is 9.59 Å². The molecule has 2 rings (SSSR count). The highest BCUT2D eigenvalue weighted by atomic mass is 16.4. The molecule has 0 spiro atoms. The number of nitrogens with one attached hydrogen (secondary N) is 1. The number of carbonyl (C=O) groups excluding carboxylic acids is 1. The van der Waals surface area contributed by atoms with Gasteiger partial charge in [0.05, 0.1) is 12.6 Å². The average molecular weight is 210 g/mol. The SMILES string of the molecule is O=C(O)C1CN(C2C=CCCC2)C(=O)N1. The van der Waals surface area contributed by atoms with E-state index in [1.165, 1.54) is 0 Å². The van der Waals surface area contributed by atoms with Crippen LogP contribution in [0, 0.1) is 0 Å². The topological polar surface area (TPSA) is 69.6 Å². The Kier molecular flexibility index (Phi) is 2.62. The number of urea groups is 1. The van der Waals surface area contributed by atoms with Gasteiger partial charge < -0.3 is 15.3 Å². The van der Waals surface area contributed by atoms with Gasteiger partial charge in [0.15, 0.2) is 0 Å². The predicted molar refractivity (Wildman–Crippen MR) is 53.4 cm³/mol. The van der Waals surface area contributed by atoms with E-state index in [4.69, 9.17) is 5.11 Å². The van der Waals surface area contributed by atoms with E-state index in [1.807, 2.05) is 6.08 Å². The molecule has 0 bridgehead atoms. The maximum absolute atomic E-state index is 11.5. The van der Waals surface area contributed by atoms with Crippen LogP contribution in [0.25, 0.3) is 0 Å². The van der Waals surface area contributed by atoms with Gasteiger partial charge in [-0.2, -0.15) is 0 Å². The van der Waals surface area contributed by atoms with Crippen LogP contribution in [0.2, 0.25) is 0 Å². The first-order valence-corrected chi connectivity index (χ1v) is 5.15. The number of nitrogens with zero attached hydrogens (tertiary/aromatic N) is 1. The molecule has 0 saturated carbocycles. The zero-order chi connectivity index (χ0) is 10.8. The zero-order valence-electron chi connectivity index (χ0n) is 8.35. The Hall–Kier alpha value is -1.52. The average Bonchev–Trinajstić information content (AvgIpc) is 2.62. The Morgan fingerprint density at radius 1 is 1.60 bits per heavy atom. The Morgan fingerprint density at radius 3 is 2.93 bits per heavy atom. The largest absolute Gasteiger partial charge is 0.480 e. The summed E-state index contributed by atoms with van der Waals surface area (Å²) in [6.07, 6.45) is 7.08. The fraction of sp³-hybridized carbons (Fsp3) is 0.600. The van der Waals surface area contributed by atoms with Crippen molar-refractivity contribution in [1.29, 1.82) is 0 Å². The molecule has 2 N–H and O–H groups in total. The molecule has 15 heavy (non-hydrogen) atoms. The summed E-state index contributed by atoms with van der Waals surface area (Å²) in [4.78, 5) is 23.8. The summed E-state index contributed by atoms with van der Waals surface area (Å²) >= 11 is 0. The molecule has 5 heteroatoms. The number of carbonyl (C=O) groups is 2. The molecular weight excluding hydrogens is 196 g/mol. The van der Waals surface area contributed by atoms with E-state index < -0.39 is 12.0 Å². The first-order chi connectivity index (χ1) is 7.18. The third kappa shape index (κ3) is 1.95. The standard InChI is InChI=1S/C10H14N2O3/c13-9(14)8-6-12(10(15)11-8)7-4-2-1-3-5-7/h2,4,7-8H,1,3,5-6H2,(H,11,15)(H,13,14). The smallest absolute Gasteiger partial charge is 0.328 e. The zero-order valence-corrected chi connectivity index (χ0v) is 8.35. The molecule has 0 aromatic carbocycles. The third-order valence-corrected chi connectivity index (χ3v) is 2.87. The molecule has 1 heterocycles. The van der Waals surface area contributed by atoms with E-state index >= 15 is 0 Å². The quantitative estimate of drug-likeness (QED) is 0.655. The van der Waals surface area contributed by atoms with Crippen molar-refractivity contribution >= 4 is 12.0 Å². The molecule has 1 fully saturated rings. The normalized spacial score (nSPS) is 30.4. The van der Waals surface area contributed by atoms with Crippen LogP contribution in [-0.4, -0.2) is 40.6 Å². The second kappa shape index (κ2) is 3.92. The van der Waals surface area contributed by atoms with Gasteiger partial charge in [-0.15, -0.1) is 0 Å². The fourth-order valence-electron chi connectivity index (χ4n) is 2.04. The van der Waals surface area contributed by atoms with Gasteiger partial charge in [0, 0.05) is 0 Å². The molecule has 0 aromatic heterocycles. The molecule has 2 aliphatic rings. The third-order valence-electron chi connectivity index (χ3n) is 2.87. The van der Waals surface area contributed by atoms with E-state index in [-0.39, 0.29) is 18.6 Å². The number of rotatable bonds is 2. The molecular formula is C10H14N2O3. The molecule has 1 aliphatic carbocycles. The molecule has 0 radical (unpaired) electrons. The van der Waals surface area contributed by atoms with Crippen LogP contribution in [-0.2, 0) is 4.79 Å². The fourth-order valence-corrected chi connectivity index (χ4v) is 2.04. The van der Waals surface area contributed by atoms with Gasteiger partial charge in [0.25, 0.3) is 0 Å². The molecule has 1 saturated heterocycles. The maximum atomic E-state index is 11.5. The van der Waals surface area contributed by atoms with Gasteiger partial charge in [0.2, 0.25) is 0 Å². The minimum Gasteiger partial charge on any atom is -0.480 e. The Balaban J connectivity index is 2.04. The maximum Gasteiger partial charge on any atom is 0.328 e. The first-order valence-electron chi connectivity index (χ1n) is 5.15. The van der Waals surface area contributed by atoms with E-state index in [9.17, 15) is 9.59 Å². The van der Waals surface area contributed by atoms with E-state index in [0.717, 1.165) is 19.3 Å². The van der Waals surface area contributed by atoms with Crippen LogP contribution in [0.4, 0.5) is 4.79 Å². The van der Waals surface area contributed by atoms with E-state index in [0.29, 0.717) is 0 Å². The summed E-state index contributed by atoms with van der Waals surface area (Å²) in [7, 11) is 0. The van der Waals surface area contributed by atoms with Crippen molar-refractivity contribution in [2.75, 3.05) is 6.54 Å². The van der Waals surface area contributed by atoms with Crippen molar-refractivity contribution < 1.29 is 14.7 Å². The van der Waals surface area contributed by atoms with Crippen LogP contribution in [0.5, 0.6) is 0 Å². The molecule has 2 amide bonds. The molecule has 2 atom stereocenters. The lowest BCUT2D eigenvalue weighted by Gasteiger charge is -2.26. The number of amides is 2. The number of allylic oxidation sites excluding steroid dienone is 1. The first kappa shape index (κ1) is 10.0. The van der Waals surface area contributed by atoms with Gasteiger partial charge in [-0.05, 0) is 19.3 Å². The summed E-state index contributed by atoms with van der Waals surface area (Å²) in [5.74, 6) is -0.967. The lowest BCUT2D eigenvalue weighted by atomic mass is 10.0. The highest BCUT2D eigenvalue weighted by Gasteiger charge is 2.36. The van der Waals surface area contributed by atoms with Crippen LogP contribution in [0.1, 0.15) is 19.3 Å². The number of carboxylic acids is 1. The Bertz CT molecular complexity index is 314. The lowest BCUT2D eigenvalue weighted by Crippen LogP contribution is -2.37. The summed E-state index contributed by atoms with van der Waals surface area (Å²) < 4.78 is 0. The lowest BCUT2D eigenvalue weighted by molar-refractivity contribution is -0.138. The summed E-state index contributed by atoms with van der Waals surface area (Å²) in [5, 5.41) is 11.2. The van der Waals surface area contributed by atoms with Gasteiger partial charge >= 0.3 is 12.0 Å². The number of carboxylic acid groups (broad SMARTS) is 1. The van der Waals surface area contributed by atoms with Crippen LogP contribution >= 0.6 is 0 Å². The summed E-state index contributed by atoms with van der Waals surface area (Å²) in [6, 6.07) is -0.949. The van der Waals surface area contributed by atoms with Gasteiger partial charge in [-0.3, -0.25) is 0 Å². The number of hydrogen-bond donors (Lipinski definition) is 2. The van der Waals surface area contributed by atoms with Crippen LogP contribution < -0.4 is 5.32 Å². The highest BCUT2D eigenvalue weighted by molar-refractivity contribution is 5.86. The second-order valence-corrected chi connectivity index (χ2v) is 3.92.